The Hall–Kier alpha value is -1.88. The van der Waals surface area contributed by atoms with Crippen LogP contribution in [0.3, 0.4) is 0 Å². The van der Waals surface area contributed by atoms with Crippen molar-refractivity contribution in [2.24, 2.45) is 5.92 Å². The largest absolute Gasteiger partial charge is 0.494 e. The molecule has 114 valence electrons. The van der Waals surface area contributed by atoms with Gasteiger partial charge in [0.2, 0.25) is 0 Å². The van der Waals surface area contributed by atoms with Gasteiger partial charge in [-0.2, -0.15) is 0 Å². The minimum Gasteiger partial charge on any atom is -0.494 e. The first kappa shape index (κ1) is 15.5. The van der Waals surface area contributed by atoms with Crippen molar-refractivity contribution in [1.29, 1.82) is 0 Å². The van der Waals surface area contributed by atoms with E-state index in [2.05, 4.69) is 29.5 Å². The van der Waals surface area contributed by atoms with Crippen LogP contribution in [0.4, 0.5) is 0 Å². The zero-order chi connectivity index (χ0) is 14.9. The van der Waals surface area contributed by atoms with Gasteiger partial charge in [0.15, 0.2) is 0 Å². The van der Waals surface area contributed by atoms with Crippen LogP contribution < -0.4 is 10.1 Å². The Morgan fingerprint density at radius 1 is 1.24 bits per heavy atom. The van der Waals surface area contributed by atoms with Crippen molar-refractivity contribution in [3.63, 3.8) is 0 Å². The van der Waals surface area contributed by atoms with Crippen LogP contribution in [0.25, 0.3) is 0 Å². The fourth-order valence-electron chi connectivity index (χ4n) is 1.95. The van der Waals surface area contributed by atoms with E-state index in [9.17, 15) is 0 Å². The van der Waals surface area contributed by atoms with Gasteiger partial charge in [-0.25, -0.2) is 0 Å². The van der Waals surface area contributed by atoms with E-state index in [0.29, 0.717) is 12.5 Å². The van der Waals surface area contributed by atoms with Crippen molar-refractivity contribution in [1.82, 2.24) is 20.3 Å². The molecule has 2 aromatic rings. The van der Waals surface area contributed by atoms with Crippen LogP contribution >= 0.6 is 0 Å². The van der Waals surface area contributed by atoms with Crippen molar-refractivity contribution in [3.05, 3.63) is 42.2 Å². The van der Waals surface area contributed by atoms with Crippen LogP contribution in [0, 0.1) is 5.92 Å². The van der Waals surface area contributed by atoms with Crippen molar-refractivity contribution < 1.29 is 4.74 Å². The molecule has 0 radical (unpaired) electrons. The summed E-state index contributed by atoms with van der Waals surface area (Å²) in [6.45, 7) is 7.67. The molecule has 1 aromatic carbocycles. The Morgan fingerprint density at radius 3 is 2.81 bits per heavy atom. The molecule has 0 saturated heterocycles. The van der Waals surface area contributed by atoms with Crippen LogP contribution in [0.1, 0.15) is 26.0 Å². The molecule has 2 rings (SSSR count). The van der Waals surface area contributed by atoms with E-state index in [4.69, 9.17) is 4.74 Å². The van der Waals surface area contributed by atoms with Gasteiger partial charge in [0.05, 0.1) is 12.3 Å². The Kier molecular flexibility index (Phi) is 6.22. The van der Waals surface area contributed by atoms with Crippen LogP contribution in [-0.4, -0.2) is 28.1 Å². The van der Waals surface area contributed by atoms with Gasteiger partial charge in [0.1, 0.15) is 5.75 Å². The number of aryl methyl sites for hydroxylation is 1. The second-order valence-corrected chi connectivity index (χ2v) is 5.51. The minimum absolute atomic E-state index is 0.648. The second kappa shape index (κ2) is 8.42. The zero-order valence-electron chi connectivity index (χ0n) is 12.8. The van der Waals surface area contributed by atoms with Crippen LogP contribution in [0.15, 0.2) is 36.5 Å². The highest BCUT2D eigenvalue weighted by molar-refractivity contribution is 5.20. The third-order valence-electron chi connectivity index (χ3n) is 2.99. The predicted molar refractivity (Wildman–Crippen MR) is 83.1 cm³/mol. The average Bonchev–Trinajstić information content (AvgIpc) is 2.92. The molecule has 0 spiro atoms. The number of para-hydroxylation sites is 1. The maximum Gasteiger partial charge on any atom is 0.119 e. The molecule has 21 heavy (non-hydrogen) atoms. The fourth-order valence-corrected chi connectivity index (χ4v) is 1.95. The third kappa shape index (κ3) is 5.95. The molecule has 0 fully saturated rings. The molecule has 0 unspecified atom stereocenters. The van der Waals surface area contributed by atoms with E-state index < -0.39 is 0 Å². The van der Waals surface area contributed by atoms with E-state index in [0.717, 1.165) is 37.5 Å². The third-order valence-corrected chi connectivity index (χ3v) is 2.99. The van der Waals surface area contributed by atoms with Gasteiger partial charge in [-0.05, 0) is 24.6 Å². The van der Waals surface area contributed by atoms with Crippen molar-refractivity contribution >= 4 is 0 Å². The molecule has 0 saturated carbocycles. The molecular formula is C16H24N4O. The number of ether oxygens (including phenoxy) is 1. The highest BCUT2D eigenvalue weighted by Crippen LogP contribution is 2.08. The normalized spacial score (nSPS) is 11.0. The quantitative estimate of drug-likeness (QED) is 0.720. The monoisotopic (exact) mass is 288 g/mol. The van der Waals surface area contributed by atoms with Crippen LogP contribution in [0.2, 0.25) is 0 Å². The zero-order valence-corrected chi connectivity index (χ0v) is 12.8. The van der Waals surface area contributed by atoms with Gasteiger partial charge in [0, 0.05) is 25.7 Å². The maximum atomic E-state index is 5.65. The summed E-state index contributed by atoms with van der Waals surface area (Å²) in [4.78, 5) is 0. The Balaban J connectivity index is 1.63. The van der Waals surface area contributed by atoms with Gasteiger partial charge in [0.25, 0.3) is 0 Å². The Bertz CT molecular complexity index is 510. The van der Waals surface area contributed by atoms with Crippen molar-refractivity contribution in [2.45, 2.75) is 33.4 Å². The molecule has 0 bridgehead atoms. The fraction of sp³-hybridized carbons (Fsp3) is 0.500. The standard InChI is InChI=1S/C16H24N4O/c1-14(2)11-17-12-15-13-20(19-18-15)9-6-10-21-16-7-4-3-5-8-16/h3-5,7-8,13-14,17H,6,9-12H2,1-2H3. The summed E-state index contributed by atoms with van der Waals surface area (Å²) in [5, 5.41) is 11.7. The number of nitrogens with zero attached hydrogens (tertiary/aromatic N) is 3. The SMILES string of the molecule is CC(C)CNCc1cn(CCCOc2ccccc2)nn1. The summed E-state index contributed by atoms with van der Waals surface area (Å²) in [6.07, 6.45) is 2.91. The predicted octanol–water partition coefficient (Wildman–Crippen LogP) is 2.49. The summed E-state index contributed by atoms with van der Waals surface area (Å²) in [6, 6.07) is 9.87. The van der Waals surface area contributed by atoms with E-state index in [-0.39, 0.29) is 0 Å². The molecule has 0 aliphatic carbocycles. The van der Waals surface area contributed by atoms with E-state index in [1.54, 1.807) is 0 Å². The molecule has 0 amide bonds. The first-order valence-corrected chi connectivity index (χ1v) is 7.51. The summed E-state index contributed by atoms with van der Waals surface area (Å²) < 4.78 is 7.53. The molecule has 1 N–H and O–H groups in total. The number of benzene rings is 1. The first-order valence-electron chi connectivity index (χ1n) is 7.51. The maximum absolute atomic E-state index is 5.65. The van der Waals surface area contributed by atoms with E-state index >= 15 is 0 Å². The van der Waals surface area contributed by atoms with Gasteiger partial charge in [-0.3, -0.25) is 4.68 Å². The second-order valence-electron chi connectivity index (χ2n) is 5.51. The molecular weight excluding hydrogens is 264 g/mol. The molecule has 0 aliphatic rings. The lowest BCUT2D eigenvalue weighted by atomic mass is 10.2. The average molecular weight is 288 g/mol. The topological polar surface area (TPSA) is 52.0 Å². The lowest BCUT2D eigenvalue weighted by Gasteiger charge is -2.05. The minimum atomic E-state index is 0.648. The van der Waals surface area contributed by atoms with Gasteiger partial charge < -0.3 is 10.1 Å². The summed E-state index contributed by atoms with van der Waals surface area (Å²) in [5.74, 6) is 1.56. The molecule has 5 heteroatoms. The van der Waals surface area contributed by atoms with Crippen LogP contribution in [-0.2, 0) is 13.1 Å². The number of hydrogen-bond donors (Lipinski definition) is 1. The van der Waals surface area contributed by atoms with Gasteiger partial charge >= 0.3 is 0 Å². The molecule has 5 nitrogen and oxygen atoms in total. The highest BCUT2D eigenvalue weighted by atomic mass is 16.5. The van der Waals surface area contributed by atoms with Crippen molar-refractivity contribution in [3.8, 4) is 5.75 Å². The summed E-state index contributed by atoms with van der Waals surface area (Å²) >= 11 is 0. The Labute approximate surface area is 126 Å². The van der Waals surface area contributed by atoms with E-state index in [1.165, 1.54) is 0 Å². The number of aromatic nitrogens is 3. The Morgan fingerprint density at radius 2 is 2.05 bits per heavy atom. The van der Waals surface area contributed by atoms with Crippen molar-refractivity contribution in [2.75, 3.05) is 13.2 Å². The van der Waals surface area contributed by atoms with Gasteiger partial charge in [-0.1, -0.05) is 37.3 Å². The highest BCUT2D eigenvalue weighted by Gasteiger charge is 2.01. The summed E-state index contributed by atoms with van der Waals surface area (Å²) in [7, 11) is 0. The molecule has 1 heterocycles. The smallest absolute Gasteiger partial charge is 0.119 e. The molecule has 0 atom stereocenters. The lowest BCUT2D eigenvalue weighted by Crippen LogP contribution is -2.19. The summed E-state index contributed by atoms with van der Waals surface area (Å²) in [5.41, 5.74) is 0.986. The van der Waals surface area contributed by atoms with Crippen LogP contribution in [0.5, 0.6) is 5.75 Å². The molecule has 1 aromatic heterocycles. The first-order chi connectivity index (χ1) is 10.2. The van der Waals surface area contributed by atoms with E-state index in [1.807, 2.05) is 41.2 Å². The lowest BCUT2D eigenvalue weighted by molar-refractivity contribution is 0.298. The number of hydrogen-bond acceptors (Lipinski definition) is 4. The number of rotatable bonds is 9. The molecule has 0 aliphatic heterocycles. The number of nitrogens with one attached hydrogen (secondary N) is 1. The van der Waals surface area contributed by atoms with Gasteiger partial charge in [-0.15, -0.1) is 5.10 Å².